The van der Waals surface area contributed by atoms with Gasteiger partial charge >= 0.3 is 0 Å². The largest absolute Gasteiger partial charge is 0.300 e. The summed E-state index contributed by atoms with van der Waals surface area (Å²) < 4.78 is 2.66. The summed E-state index contributed by atoms with van der Waals surface area (Å²) >= 11 is 1.88. The minimum Gasteiger partial charge on any atom is -0.300 e. The fourth-order valence-corrected chi connectivity index (χ4v) is 7.87. The smallest absolute Gasteiger partial charge is 0.0684 e. The fourth-order valence-electron chi connectivity index (χ4n) is 6.74. The van der Waals surface area contributed by atoms with Crippen molar-refractivity contribution in [1.29, 1.82) is 5.41 Å². The van der Waals surface area contributed by atoms with Crippen molar-refractivity contribution in [3.8, 4) is 22.3 Å². The van der Waals surface area contributed by atoms with Crippen LogP contribution in [0.15, 0.2) is 133 Å². The molecule has 1 nitrogen and oxygen atoms in total. The summed E-state index contributed by atoms with van der Waals surface area (Å²) in [5.74, 6) is 0.223. The minimum atomic E-state index is 0.223. The topological polar surface area (TPSA) is 23.9 Å². The molecule has 1 aliphatic rings. The van der Waals surface area contributed by atoms with Crippen LogP contribution in [0.1, 0.15) is 46.2 Å². The first kappa shape index (κ1) is 25.0. The molecule has 200 valence electrons. The summed E-state index contributed by atoms with van der Waals surface area (Å²) in [4.78, 5) is 0. The normalized spacial score (nSPS) is 12.8. The minimum absolute atomic E-state index is 0.223. The Morgan fingerprint density at radius 3 is 2.17 bits per heavy atom. The van der Waals surface area contributed by atoms with Crippen molar-refractivity contribution in [3.63, 3.8) is 0 Å². The second kappa shape index (κ2) is 9.94. The third-order valence-corrected chi connectivity index (χ3v) is 10.0. The zero-order valence-corrected chi connectivity index (χ0v) is 24.2. The molecule has 0 aliphatic heterocycles. The van der Waals surface area contributed by atoms with Gasteiger partial charge in [-0.1, -0.05) is 122 Å². The van der Waals surface area contributed by atoms with Crippen molar-refractivity contribution in [2.45, 2.75) is 19.3 Å². The first-order chi connectivity index (χ1) is 20.7. The molecular formula is C40H29NS. The molecule has 0 amide bonds. The molecule has 0 spiro atoms. The predicted octanol–water partition coefficient (Wildman–Crippen LogP) is 10.9. The number of fused-ring (bicyclic) bond motifs is 6. The summed E-state index contributed by atoms with van der Waals surface area (Å²) in [7, 11) is 0. The second-order valence-electron chi connectivity index (χ2n) is 11.3. The monoisotopic (exact) mass is 555 g/mol. The summed E-state index contributed by atoms with van der Waals surface area (Å²) in [6.07, 6.45) is 0.989. The van der Waals surface area contributed by atoms with Crippen molar-refractivity contribution in [2.24, 2.45) is 0 Å². The Morgan fingerprint density at radius 1 is 0.595 bits per heavy atom. The first-order valence-corrected chi connectivity index (χ1v) is 15.4. The zero-order valence-electron chi connectivity index (χ0n) is 23.4. The molecule has 1 aliphatic carbocycles. The maximum atomic E-state index is 8.77. The van der Waals surface area contributed by atoms with E-state index in [1.54, 1.807) is 0 Å². The molecule has 0 saturated heterocycles. The van der Waals surface area contributed by atoms with Crippen molar-refractivity contribution >= 4 is 37.2 Å². The maximum absolute atomic E-state index is 8.77. The quantitative estimate of drug-likeness (QED) is 0.204. The highest BCUT2D eigenvalue weighted by molar-refractivity contribution is 7.25. The molecule has 0 saturated carbocycles. The Balaban J connectivity index is 1.28. The molecule has 6 aromatic carbocycles. The summed E-state index contributed by atoms with van der Waals surface area (Å²) in [5.41, 5.74) is 13.3. The average Bonchev–Trinajstić information content (AvgIpc) is 3.62. The van der Waals surface area contributed by atoms with E-state index in [9.17, 15) is 0 Å². The van der Waals surface area contributed by atoms with Gasteiger partial charge in [-0.25, -0.2) is 0 Å². The maximum Gasteiger partial charge on any atom is 0.0684 e. The van der Waals surface area contributed by atoms with Crippen LogP contribution in [0.3, 0.4) is 0 Å². The van der Waals surface area contributed by atoms with Gasteiger partial charge in [-0.3, -0.25) is 5.41 Å². The van der Waals surface area contributed by atoms with Crippen LogP contribution in [0.2, 0.25) is 0 Å². The zero-order chi connectivity index (χ0) is 28.2. The highest BCUT2D eigenvalue weighted by atomic mass is 32.1. The van der Waals surface area contributed by atoms with E-state index in [1.165, 1.54) is 64.7 Å². The molecule has 1 atom stereocenters. The Labute approximate surface area is 250 Å². The van der Waals surface area contributed by atoms with E-state index in [2.05, 4.69) is 110 Å². The van der Waals surface area contributed by atoms with Gasteiger partial charge in [-0.15, -0.1) is 11.3 Å². The highest BCUT2D eigenvalue weighted by Gasteiger charge is 2.25. The molecule has 1 unspecified atom stereocenters. The molecule has 2 heteroatoms. The van der Waals surface area contributed by atoms with E-state index in [-0.39, 0.29) is 5.92 Å². The van der Waals surface area contributed by atoms with Crippen LogP contribution in [-0.2, 0) is 6.42 Å². The van der Waals surface area contributed by atoms with Gasteiger partial charge in [0.25, 0.3) is 0 Å². The first-order valence-electron chi connectivity index (χ1n) is 14.6. The van der Waals surface area contributed by atoms with Gasteiger partial charge in [0.15, 0.2) is 0 Å². The van der Waals surface area contributed by atoms with Gasteiger partial charge < -0.3 is 0 Å². The molecule has 1 N–H and O–H groups in total. The van der Waals surface area contributed by atoms with Gasteiger partial charge in [-0.05, 0) is 74.7 Å². The van der Waals surface area contributed by atoms with E-state index in [1.807, 2.05) is 41.7 Å². The van der Waals surface area contributed by atoms with Gasteiger partial charge in [0.2, 0.25) is 0 Å². The molecule has 1 heterocycles. The standard InChI is InChI=1S/C40H29NS/c1-25(30-15-9-16-32-31-13-6-5-12-29(31)22-36(30)32)34-24-39-37(33-14-7-8-17-38(33)42-39)23-35(34)26-18-20-28(21-19-26)40(41)27-10-3-2-4-11-27/h2-21,23-25,41H,22H2,1H3. The van der Waals surface area contributed by atoms with E-state index in [0.29, 0.717) is 5.71 Å². The Bertz CT molecular complexity index is 2130. The third kappa shape index (κ3) is 4.02. The molecule has 7 aromatic rings. The van der Waals surface area contributed by atoms with Crippen molar-refractivity contribution in [2.75, 3.05) is 0 Å². The van der Waals surface area contributed by atoms with E-state index < -0.39 is 0 Å². The van der Waals surface area contributed by atoms with Gasteiger partial charge in [0, 0.05) is 31.7 Å². The number of hydrogen-bond donors (Lipinski definition) is 1. The molecule has 8 rings (SSSR count). The number of rotatable bonds is 5. The number of hydrogen-bond acceptors (Lipinski definition) is 2. The van der Waals surface area contributed by atoms with Crippen LogP contribution in [0.25, 0.3) is 42.4 Å². The molecule has 1 aromatic heterocycles. The summed E-state index contributed by atoms with van der Waals surface area (Å²) in [5, 5.41) is 11.4. The highest BCUT2D eigenvalue weighted by Crippen LogP contribution is 2.45. The molecule has 0 bridgehead atoms. The Hall–Kier alpha value is -4.79. The predicted molar refractivity (Wildman–Crippen MR) is 179 cm³/mol. The second-order valence-corrected chi connectivity index (χ2v) is 12.4. The lowest BCUT2D eigenvalue weighted by molar-refractivity contribution is 0.909. The lowest BCUT2D eigenvalue weighted by Crippen LogP contribution is -2.03. The Morgan fingerprint density at radius 2 is 1.31 bits per heavy atom. The van der Waals surface area contributed by atoms with Crippen LogP contribution >= 0.6 is 11.3 Å². The van der Waals surface area contributed by atoms with E-state index >= 15 is 0 Å². The van der Waals surface area contributed by atoms with Crippen molar-refractivity contribution < 1.29 is 0 Å². The van der Waals surface area contributed by atoms with Crippen LogP contribution in [0.5, 0.6) is 0 Å². The van der Waals surface area contributed by atoms with Gasteiger partial charge in [0.1, 0.15) is 0 Å². The van der Waals surface area contributed by atoms with Gasteiger partial charge in [0.05, 0.1) is 5.71 Å². The van der Waals surface area contributed by atoms with Crippen LogP contribution < -0.4 is 0 Å². The fraction of sp³-hybridized carbons (Fsp3) is 0.0750. The van der Waals surface area contributed by atoms with E-state index in [0.717, 1.165) is 17.5 Å². The SMILES string of the molecule is CC(c1cc2sc3ccccc3c2cc1-c1ccc(C(=N)c2ccccc2)cc1)c1cccc2c1Cc1ccccc1-2. The number of benzene rings is 6. The average molecular weight is 556 g/mol. The molecular weight excluding hydrogens is 527 g/mol. The van der Waals surface area contributed by atoms with Crippen LogP contribution in [0, 0.1) is 5.41 Å². The third-order valence-electron chi connectivity index (χ3n) is 8.92. The number of thiophene rings is 1. The summed E-state index contributed by atoms with van der Waals surface area (Å²) in [6.45, 7) is 2.37. The molecule has 0 fully saturated rings. The van der Waals surface area contributed by atoms with Crippen LogP contribution in [-0.4, -0.2) is 5.71 Å². The van der Waals surface area contributed by atoms with Crippen LogP contribution in [0.4, 0.5) is 0 Å². The lowest BCUT2D eigenvalue weighted by atomic mass is 9.83. The lowest BCUT2D eigenvalue weighted by Gasteiger charge is -2.21. The van der Waals surface area contributed by atoms with Crippen molar-refractivity contribution in [3.05, 3.63) is 167 Å². The van der Waals surface area contributed by atoms with E-state index in [4.69, 9.17) is 5.41 Å². The van der Waals surface area contributed by atoms with Gasteiger partial charge in [-0.2, -0.15) is 0 Å². The molecule has 42 heavy (non-hydrogen) atoms. The number of nitrogens with one attached hydrogen (secondary N) is 1. The Kier molecular flexibility index (Phi) is 5.91. The molecule has 0 radical (unpaired) electrons. The summed E-state index contributed by atoms with van der Waals surface area (Å²) in [6, 6.07) is 47.9. The van der Waals surface area contributed by atoms with Crippen molar-refractivity contribution in [1.82, 2.24) is 0 Å².